The van der Waals surface area contributed by atoms with Gasteiger partial charge in [-0.3, -0.25) is 14.4 Å². The summed E-state index contributed by atoms with van der Waals surface area (Å²) in [5, 5.41) is 9.11. The van der Waals surface area contributed by atoms with Gasteiger partial charge < -0.3 is 14.9 Å². The number of hydrogen-bond donors (Lipinski definition) is 1. The number of benzene rings is 3. The van der Waals surface area contributed by atoms with E-state index in [-0.39, 0.29) is 36.7 Å². The molecule has 33 heavy (non-hydrogen) atoms. The Morgan fingerprint density at radius 2 is 1.48 bits per heavy atom. The van der Waals surface area contributed by atoms with Gasteiger partial charge in [-0.1, -0.05) is 54.6 Å². The molecule has 0 saturated carbocycles. The number of hydrogen-bond acceptors (Lipinski definition) is 3. The average molecular weight is 443 g/mol. The van der Waals surface area contributed by atoms with Crippen molar-refractivity contribution in [1.29, 1.82) is 0 Å². The maximum atomic E-state index is 13.4. The Balaban J connectivity index is 1.76. The highest BCUT2D eigenvalue weighted by molar-refractivity contribution is 6.07. The molecule has 1 heterocycles. The quantitative estimate of drug-likeness (QED) is 0.579. The number of nitrogens with zero attached hydrogens (tertiary/aromatic N) is 2. The summed E-state index contributed by atoms with van der Waals surface area (Å²) in [6.07, 6.45) is 0.206. The number of para-hydroxylation sites is 2. The molecule has 0 spiro atoms. The number of carbonyl (C=O) groups excluding carboxylic acids is 2. The molecule has 6 nitrogen and oxygen atoms in total. The minimum atomic E-state index is -1.01. The number of aliphatic carboxylic acids is 1. The third-order valence-corrected chi connectivity index (χ3v) is 5.97. The fraction of sp³-hybridized carbons (Fsp3) is 0.222. The molecule has 4 rings (SSSR count). The molecule has 2 atom stereocenters. The minimum Gasteiger partial charge on any atom is -0.481 e. The Hall–Kier alpha value is -3.93. The minimum absolute atomic E-state index is 0.0857. The van der Waals surface area contributed by atoms with Gasteiger partial charge in [-0.05, 0) is 49.2 Å². The first-order chi connectivity index (χ1) is 16.0. The molecule has 0 saturated heterocycles. The lowest BCUT2D eigenvalue weighted by Gasteiger charge is -2.43. The summed E-state index contributed by atoms with van der Waals surface area (Å²) < 4.78 is 0. The summed E-state index contributed by atoms with van der Waals surface area (Å²) in [6.45, 7) is 1.98. The van der Waals surface area contributed by atoms with Crippen molar-refractivity contribution in [1.82, 2.24) is 0 Å². The van der Waals surface area contributed by atoms with Crippen LogP contribution in [0.15, 0.2) is 84.9 Å². The van der Waals surface area contributed by atoms with Gasteiger partial charge in [0.15, 0.2) is 0 Å². The molecule has 1 aliphatic rings. The van der Waals surface area contributed by atoms with Crippen molar-refractivity contribution < 1.29 is 19.5 Å². The smallest absolute Gasteiger partial charge is 0.303 e. The summed E-state index contributed by atoms with van der Waals surface area (Å²) >= 11 is 0. The highest BCUT2D eigenvalue weighted by Gasteiger charge is 2.38. The first kappa shape index (κ1) is 22.3. The number of rotatable bonds is 6. The van der Waals surface area contributed by atoms with Gasteiger partial charge in [0.2, 0.25) is 5.91 Å². The van der Waals surface area contributed by atoms with Crippen LogP contribution < -0.4 is 9.80 Å². The van der Waals surface area contributed by atoms with E-state index in [0.29, 0.717) is 17.7 Å². The molecule has 0 unspecified atom stereocenters. The van der Waals surface area contributed by atoms with Crippen LogP contribution in [0.2, 0.25) is 0 Å². The standard InChI is InChI=1S/C27H26N2O4/c1-19-18-24(29(21-12-6-3-7-13-21)25(30)16-17-26(31)32)22-14-8-9-15-23(22)28(19)27(33)20-10-4-2-5-11-20/h2-15,19,24H,16-18H2,1H3,(H,31,32)/t19-,24+/m1/s1. The molecule has 2 amide bonds. The van der Waals surface area contributed by atoms with E-state index in [1.807, 2.05) is 79.7 Å². The van der Waals surface area contributed by atoms with E-state index in [1.54, 1.807) is 21.9 Å². The highest BCUT2D eigenvalue weighted by atomic mass is 16.4. The molecule has 0 bridgehead atoms. The van der Waals surface area contributed by atoms with Crippen LogP contribution in [0.1, 0.15) is 48.1 Å². The van der Waals surface area contributed by atoms with Crippen LogP contribution in [0.5, 0.6) is 0 Å². The van der Waals surface area contributed by atoms with Gasteiger partial charge in [-0.15, -0.1) is 0 Å². The summed E-state index contributed by atoms with van der Waals surface area (Å²) in [5.41, 5.74) is 2.95. The molecule has 0 aliphatic carbocycles. The number of carboxylic acids is 1. The van der Waals surface area contributed by atoms with E-state index >= 15 is 0 Å². The van der Waals surface area contributed by atoms with Crippen LogP contribution in [-0.2, 0) is 9.59 Å². The number of amides is 2. The SMILES string of the molecule is C[C@@H]1C[C@H](N(C(=O)CCC(=O)O)c2ccccc2)c2ccccc2N1C(=O)c1ccccc1. The molecule has 3 aromatic rings. The van der Waals surface area contributed by atoms with E-state index in [4.69, 9.17) is 5.11 Å². The van der Waals surface area contributed by atoms with Crippen molar-refractivity contribution in [2.75, 3.05) is 9.80 Å². The molecule has 1 N–H and O–H groups in total. The zero-order chi connectivity index (χ0) is 23.4. The monoisotopic (exact) mass is 442 g/mol. The van der Waals surface area contributed by atoms with Gasteiger partial charge in [0, 0.05) is 29.4 Å². The van der Waals surface area contributed by atoms with E-state index in [9.17, 15) is 14.4 Å². The van der Waals surface area contributed by atoms with Crippen LogP contribution >= 0.6 is 0 Å². The summed E-state index contributed by atoms with van der Waals surface area (Å²) in [7, 11) is 0. The van der Waals surface area contributed by atoms with Crippen LogP contribution in [0.25, 0.3) is 0 Å². The molecule has 0 aromatic heterocycles. The van der Waals surface area contributed by atoms with E-state index in [0.717, 1.165) is 11.3 Å². The predicted molar refractivity (Wildman–Crippen MR) is 127 cm³/mol. The lowest BCUT2D eigenvalue weighted by molar-refractivity contribution is -0.138. The lowest BCUT2D eigenvalue weighted by Crippen LogP contribution is -2.47. The van der Waals surface area contributed by atoms with Gasteiger partial charge in [0.1, 0.15) is 0 Å². The largest absolute Gasteiger partial charge is 0.481 e. The number of carboxylic acid groups (broad SMARTS) is 1. The van der Waals surface area contributed by atoms with Gasteiger partial charge in [0.25, 0.3) is 5.91 Å². The van der Waals surface area contributed by atoms with E-state index < -0.39 is 5.97 Å². The Labute approximate surface area is 193 Å². The maximum absolute atomic E-state index is 13.4. The molecule has 0 radical (unpaired) electrons. The second-order valence-corrected chi connectivity index (χ2v) is 8.19. The number of carbonyl (C=O) groups is 3. The third kappa shape index (κ3) is 4.65. The average Bonchev–Trinajstić information content (AvgIpc) is 2.84. The van der Waals surface area contributed by atoms with Crippen molar-refractivity contribution in [2.45, 2.75) is 38.3 Å². The lowest BCUT2D eigenvalue weighted by atomic mass is 9.89. The molecule has 0 fully saturated rings. The first-order valence-corrected chi connectivity index (χ1v) is 11.0. The van der Waals surface area contributed by atoms with Crippen LogP contribution in [0.3, 0.4) is 0 Å². The Bertz CT molecular complexity index is 1150. The van der Waals surface area contributed by atoms with Gasteiger partial charge in [-0.25, -0.2) is 0 Å². The van der Waals surface area contributed by atoms with Crippen molar-refractivity contribution in [3.63, 3.8) is 0 Å². The van der Waals surface area contributed by atoms with Gasteiger partial charge in [0.05, 0.1) is 12.5 Å². The second kappa shape index (κ2) is 9.69. The zero-order valence-electron chi connectivity index (χ0n) is 18.4. The van der Waals surface area contributed by atoms with E-state index in [2.05, 4.69) is 0 Å². The Morgan fingerprint density at radius 1 is 0.879 bits per heavy atom. The molecule has 3 aromatic carbocycles. The molecule has 6 heteroatoms. The van der Waals surface area contributed by atoms with Gasteiger partial charge in [-0.2, -0.15) is 0 Å². The maximum Gasteiger partial charge on any atom is 0.303 e. The molecule has 1 aliphatic heterocycles. The molecule has 168 valence electrons. The van der Waals surface area contributed by atoms with Crippen LogP contribution in [0.4, 0.5) is 11.4 Å². The van der Waals surface area contributed by atoms with E-state index in [1.165, 1.54) is 0 Å². The topological polar surface area (TPSA) is 77.9 Å². The molecular formula is C27H26N2O4. The second-order valence-electron chi connectivity index (χ2n) is 8.19. The molecular weight excluding hydrogens is 416 g/mol. The fourth-order valence-corrected chi connectivity index (χ4v) is 4.48. The normalized spacial score (nSPS) is 17.2. The summed E-state index contributed by atoms with van der Waals surface area (Å²) in [6, 6.07) is 25.6. The fourth-order valence-electron chi connectivity index (χ4n) is 4.48. The zero-order valence-corrected chi connectivity index (χ0v) is 18.4. The van der Waals surface area contributed by atoms with Crippen LogP contribution in [-0.4, -0.2) is 28.9 Å². The summed E-state index contributed by atoms with van der Waals surface area (Å²) in [5.74, 6) is -1.34. The predicted octanol–water partition coefficient (Wildman–Crippen LogP) is 5.06. The number of fused-ring (bicyclic) bond motifs is 1. The van der Waals surface area contributed by atoms with Gasteiger partial charge >= 0.3 is 5.97 Å². The van der Waals surface area contributed by atoms with Crippen molar-refractivity contribution in [3.05, 3.63) is 96.1 Å². The summed E-state index contributed by atoms with van der Waals surface area (Å²) in [4.78, 5) is 41.3. The Kier molecular flexibility index (Phi) is 6.54. The van der Waals surface area contributed by atoms with Crippen molar-refractivity contribution in [2.24, 2.45) is 0 Å². The highest BCUT2D eigenvalue weighted by Crippen LogP contribution is 2.43. The van der Waals surface area contributed by atoms with Crippen molar-refractivity contribution >= 4 is 29.2 Å². The Morgan fingerprint density at radius 3 is 2.15 bits per heavy atom. The first-order valence-electron chi connectivity index (χ1n) is 11.0. The number of anilines is 2. The van der Waals surface area contributed by atoms with Crippen LogP contribution in [0, 0.1) is 0 Å². The van der Waals surface area contributed by atoms with Crippen molar-refractivity contribution in [3.8, 4) is 0 Å². The third-order valence-electron chi connectivity index (χ3n) is 5.97.